The molecule has 88 valence electrons. The molecule has 0 heterocycles. The molecule has 0 atom stereocenters. The maximum Gasteiger partial charge on any atom is 0.139 e. The fraction of sp³-hybridized carbons (Fsp3) is 0.462. The number of hydrogen-bond acceptors (Lipinski definition) is 3. The van der Waals surface area contributed by atoms with Crippen LogP contribution in [0.3, 0.4) is 0 Å². The molecule has 0 bridgehead atoms. The summed E-state index contributed by atoms with van der Waals surface area (Å²) in [4.78, 5) is 11.6. The van der Waals surface area contributed by atoms with Crippen LogP contribution in [-0.2, 0) is 11.2 Å². The number of Topliss-reactive ketones (excluding diaryl/α,β-unsaturated/α-hetero) is 1. The highest BCUT2D eigenvalue weighted by atomic mass is 16.5. The lowest BCUT2D eigenvalue weighted by Gasteiger charge is -2.09. The standard InChI is InChI=1S/C13H18O3/c1-9(2)13(14)7-10-5-11(15-3)8-12(6-10)16-4/h5-6,8-9H,7H2,1-4H3. The second-order valence-electron chi connectivity index (χ2n) is 4.02. The summed E-state index contributed by atoms with van der Waals surface area (Å²) in [5.74, 6) is 1.70. The average Bonchev–Trinajstić information content (AvgIpc) is 2.28. The van der Waals surface area contributed by atoms with Crippen molar-refractivity contribution in [3.05, 3.63) is 23.8 Å². The van der Waals surface area contributed by atoms with Crippen molar-refractivity contribution >= 4 is 5.78 Å². The van der Waals surface area contributed by atoms with Crippen LogP contribution >= 0.6 is 0 Å². The summed E-state index contributed by atoms with van der Waals surface area (Å²) in [6.45, 7) is 3.81. The minimum absolute atomic E-state index is 0.0530. The Morgan fingerprint density at radius 3 is 2.00 bits per heavy atom. The first kappa shape index (κ1) is 12.6. The van der Waals surface area contributed by atoms with Gasteiger partial charge in [0.25, 0.3) is 0 Å². The van der Waals surface area contributed by atoms with Gasteiger partial charge in [0.15, 0.2) is 0 Å². The molecule has 0 aromatic heterocycles. The summed E-state index contributed by atoms with van der Waals surface area (Å²) >= 11 is 0. The summed E-state index contributed by atoms with van der Waals surface area (Å²) in [6, 6.07) is 5.52. The summed E-state index contributed by atoms with van der Waals surface area (Å²) in [7, 11) is 3.20. The SMILES string of the molecule is COc1cc(CC(=O)C(C)C)cc(OC)c1. The van der Waals surface area contributed by atoms with Crippen molar-refractivity contribution < 1.29 is 14.3 Å². The molecular weight excluding hydrogens is 204 g/mol. The molecule has 3 nitrogen and oxygen atoms in total. The molecule has 1 aromatic carbocycles. The lowest BCUT2D eigenvalue weighted by atomic mass is 10.0. The summed E-state index contributed by atoms with van der Waals surface area (Å²) in [6.07, 6.45) is 0.422. The first-order valence-corrected chi connectivity index (χ1v) is 5.31. The van der Waals surface area contributed by atoms with Gasteiger partial charge in [-0.25, -0.2) is 0 Å². The molecule has 0 spiro atoms. The summed E-state index contributed by atoms with van der Waals surface area (Å²) < 4.78 is 10.3. The second-order valence-corrected chi connectivity index (χ2v) is 4.02. The number of benzene rings is 1. The van der Waals surface area contributed by atoms with Crippen LogP contribution in [0.4, 0.5) is 0 Å². The lowest BCUT2D eigenvalue weighted by molar-refractivity contribution is -0.121. The molecule has 0 amide bonds. The fourth-order valence-corrected chi connectivity index (χ4v) is 1.37. The normalized spacial score (nSPS) is 10.3. The minimum Gasteiger partial charge on any atom is -0.497 e. The third-order valence-corrected chi connectivity index (χ3v) is 2.43. The van der Waals surface area contributed by atoms with Gasteiger partial charge in [0.05, 0.1) is 14.2 Å². The number of carbonyl (C=O) groups excluding carboxylic acids is 1. The zero-order valence-corrected chi connectivity index (χ0v) is 10.2. The maximum atomic E-state index is 11.6. The van der Waals surface area contributed by atoms with E-state index in [0.717, 1.165) is 5.56 Å². The van der Waals surface area contributed by atoms with Gasteiger partial charge in [0.2, 0.25) is 0 Å². The first-order valence-electron chi connectivity index (χ1n) is 5.31. The molecule has 3 heteroatoms. The molecule has 0 radical (unpaired) electrons. The smallest absolute Gasteiger partial charge is 0.139 e. The van der Waals surface area contributed by atoms with Crippen molar-refractivity contribution in [2.45, 2.75) is 20.3 Å². The Bertz CT molecular complexity index is 347. The largest absolute Gasteiger partial charge is 0.497 e. The number of ketones is 1. The highest BCUT2D eigenvalue weighted by Crippen LogP contribution is 2.23. The minimum atomic E-state index is 0.0530. The van der Waals surface area contributed by atoms with Crippen molar-refractivity contribution in [3.8, 4) is 11.5 Å². The average molecular weight is 222 g/mol. The van der Waals surface area contributed by atoms with E-state index in [2.05, 4.69) is 0 Å². The Kier molecular flexibility index (Phi) is 4.35. The van der Waals surface area contributed by atoms with Crippen LogP contribution in [0, 0.1) is 5.92 Å². The highest BCUT2D eigenvalue weighted by molar-refractivity contribution is 5.82. The van der Waals surface area contributed by atoms with Crippen molar-refractivity contribution in [2.24, 2.45) is 5.92 Å². The molecule has 1 aromatic rings. The van der Waals surface area contributed by atoms with E-state index in [1.165, 1.54) is 0 Å². The van der Waals surface area contributed by atoms with Gasteiger partial charge in [-0.15, -0.1) is 0 Å². The van der Waals surface area contributed by atoms with Crippen LogP contribution < -0.4 is 9.47 Å². The van der Waals surface area contributed by atoms with Crippen LogP contribution in [0.25, 0.3) is 0 Å². The third-order valence-electron chi connectivity index (χ3n) is 2.43. The molecule has 0 saturated carbocycles. The van der Waals surface area contributed by atoms with Crippen LogP contribution in [0.1, 0.15) is 19.4 Å². The predicted molar refractivity (Wildman–Crippen MR) is 63.1 cm³/mol. The molecule has 0 N–H and O–H groups in total. The number of ether oxygens (including phenoxy) is 2. The van der Waals surface area contributed by atoms with Crippen LogP contribution in [0.15, 0.2) is 18.2 Å². The molecule has 1 rings (SSSR count). The van der Waals surface area contributed by atoms with E-state index in [9.17, 15) is 4.79 Å². The quantitative estimate of drug-likeness (QED) is 0.767. The van der Waals surface area contributed by atoms with Gasteiger partial charge in [0, 0.05) is 18.4 Å². The Morgan fingerprint density at radius 2 is 1.62 bits per heavy atom. The Labute approximate surface area is 96.4 Å². The van der Waals surface area contributed by atoms with E-state index in [1.807, 2.05) is 26.0 Å². The van der Waals surface area contributed by atoms with E-state index >= 15 is 0 Å². The van der Waals surface area contributed by atoms with E-state index in [0.29, 0.717) is 17.9 Å². The van der Waals surface area contributed by atoms with Crippen molar-refractivity contribution in [3.63, 3.8) is 0 Å². The zero-order valence-electron chi connectivity index (χ0n) is 10.2. The van der Waals surface area contributed by atoms with E-state index in [-0.39, 0.29) is 11.7 Å². The maximum absolute atomic E-state index is 11.6. The predicted octanol–water partition coefficient (Wildman–Crippen LogP) is 2.47. The van der Waals surface area contributed by atoms with Gasteiger partial charge >= 0.3 is 0 Å². The van der Waals surface area contributed by atoms with E-state index in [1.54, 1.807) is 20.3 Å². The van der Waals surface area contributed by atoms with Gasteiger partial charge in [-0.1, -0.05) is 13.8 Å². The van der Waals surface area contributed by atoms with Gasteiger partial charge in [-0.3, -0.25) is 4.79 Å². The molecule has 0 fully saturated rings. The number of rotatable bonds is 5. The number of methoxy groups -OCH3 is 2. The Balaban J connectivity index is 2.91. The number of hydrogen-bond donors (Lipinski definition) is 0. The van der Waals surface area contributed by atoms with Crippen molar-refractivity contribution in [1.82, 2.24) is 0 Å². The first-order chi connectivity index (χ1) is 7.56. The van der Waals surface area contributed by atoms with Crippen LogP contribution in [0.2, 0.25) is 0 Å². The van der Waals surface area contributed by atoms with E-state index in [4.69, 9.17) is 9.47 Å². The lowest BCUT2D eigenvalue weighted by Crippen LogP contribution is -2.10. The van der Waals surface area contributed by atoms with Crippen molar-refractivity contribution in [2.75, 3.05) is 14.2 Å². The van der Waals surface area contributed by atoms with Gasteiger partial charge in [-0.2, -0.15) is 0 Å². The van der Waals surface area contributed by atoms with Gasteiger partial charge in [-0.05, 0) is 17.7 Å². The highest BCUT2D eigenvalue weighted by Gasteiger charge is 2.10. The summed E-state index contributed by atoms with van der Waals surface area (Å²) in [5.41, 5.74) is 0.926. The molecule has 0 unspecified atom stereocenters. The number of carbonyl (C=O) groups is 1. The summed E-state index contributed by atoms with van der Waals surface area (Å²) in [5, 5.41) is 0. The molecule has 0 aliphatic carbocycles. The topological polar surface area (TPSA) is 35.5 Å². The molecule has 0 aliphatic rings. The third kappa shape index (κ3) is 3.26. The van der Waals surface area contributed by atoms with Crippen molar-refractivity contribution in [1.29, 1.82) is 0 Å². The molecular formula is C13H18O3. The Hall–Kier alpha value is -1.51. The zero-order chi connectivity index (χ0) is 12.1. The fourth-order valence-electron chi connectivity index (χ4n) is 1.37. The van der Waals surface area contributed by atoms with Gasteiger partial charge in [0.1, 0.15) is 17.3 Å². The van der Waals surface area contributed by atoms with E-state index < -0.39 is 0 Å². The van der Waals surface area contributed by atoms with Crippen LogP contribution in [0.5, 0.6) is 11.5 Å². The molecule has 0 saturated heterocycles. The molecule has 16 heavy (non-hydrogen) atoms. The van der Waals surface area contributed by atoms with Crippen LogP contribution in [-0.4, -0.2) is 20.0 Å². The Morgan fingerprint density at radius 1 is 1.12 bits per heavy atom. The molecule has 0 aliphatic heterocycles. The second kappa shape index (κ2) is 5.54. The monoisotopic (exact) mass is 222 g/mol. The van der Waals surface area contributed by atoms with Gasteiger partial charge < -0.3 is 9.47 Å².